The van der Waals surface area contributed by atoms with Crippen LogP contribution in [0.15, 0.2) is 0 Å². The van der Waals surface area contributed by atoms with Gasteiger partial charge in [0.2, 0.25) is 10.0 Å². The lowest BCUT2D eigenvalue weighted by atomic mass is 9.82. The summed E-state index contributed by atoms with van der Waals surface area (Å²) >= 11 is 0. The van der Waals surface area contributed by atoms with Crippen molar-refractivity contribution in [2.45, 2.75) is 32.6 Å². The predicted octanol–water partition coefficient (Wildman–Crippen LogP) is 0.752. The second-order valence-electron chi connectivity index (χ2n) is 6.94. The number of likely N-dealkylation sites (tertiary alicyclic amines) is 1. The molecule has 2 aliphatic rings. The highest BCUT2D eigenvalue weighted by Gasteiger charge is 2.33. The lowest BCUT2D eigenvalue weighted by Gasteiger charge is -2.42. The van der Waals surface area contributed by atoms with E-state index in [2.05, 4.69) is 11.8 Å². The van der Waals surface area contributed by atoms with Gasteiger partial charge in [-0.05, 0) is 38.1 Å². The van der Waals surface area contributed by atoms with Crippen molar-refractivity contribution in [1.29, 1.82) is 0 Å². The van der Waals surface area contributed by atoms with Gasteiger partial charge in [-0.1, -0.05) is 6.92 Å². The van der Waals surface area contributed by atoms with Crippen LogP contribution in [0.2, 0.25) is 0 Å². The molecule has 2 fully saturated rings. The molecule has 5 nitrogen and oxygen atoms in total. The van der Waals surface area contributed by atoms with Crippen LogP contribution in [0.1, 0.15) is 32.6 Å². The molecular weight excluding hydrogens is 276 g/mol. The monoisotopic (exact) mass is 304 g/mol. The number of aliphatic hydroxyl groups is 1. The molecule has 0 saturated carbocycles. The standard InChI is InChI=1S/C14H28N2O3S/c1-14(12-17)6-4-7-15(11-14)9-13-5-3-8-16(10-13)20(2,18)19/h13,17H,3-12H2,1-2H3. The van der Waals surface area contributed by atoms with Crippen molar-refractivity contribution in [2.75, 3.05) is 45.6 Å². The highest BCUT2D eigenvalue weighted by molar-refractivity contribution is 7.88. The fraction of sp³-hybridized carbons (Fsp3) is 1.00. The van der Waals surface area contributed by atoms with Crippen LogP contribution in [0.3, 0.4) is 0 Å². The molecule has 2 unspecified atom stereocenters. The average Bonchev–Trinajstić information content (AvgIpc) is 2.38. The van der Waals surface area contributed by atoms with Gasteiger partial charge in [-0.3, -0.25) is 0 Å². The van der Waals surface area contributed by atoms with Crippen molar-refractivity contribution in [3.05, 3.63) is 0 Å². The Labute approximate surface area is 123 Å². The van der Waals surface area contributed by atoms with Crippen LogP contribution in [0.25, 0.3) is 0 Å². The normalized spacial score (nSPS) is 34.2. The molecule has 0 aromatic heterocycles. The van der Waals surface area contributed by atoms with Gasteiger partial charge in [0.25, 0.3) is 0 Å². The number of nitrogens with zero attached hydrogens (tertiary/aromatic N) is 2. The molecule has 118 valence electrons. The van der Waals surface area contributed by atoms with E-state index in [0.29, 0.717) is 19.0 Å². The summed E-state index contributed by atoms with van der Waals surface area (Å²) in [6, 6.07) is 0. The molecule has 2 atom stereocenters. The zero-order chi connectivity index (χ0) is 14.8. The van der Waals surface area contributed by atoms with Crippen LogP contribution in [0, 0.1) is 11.3 Å². The van der Waals surface area contributed by atoms with E-state index < -0.39 is 10.0 Å². The number of rotatable bonds is 4. The fourth-order valence-electron chi connectivity index (χ4n) is 3.55. The number of piperidine rings is 2. The summed E-state index contributed by atoms with van der Waals surface area (Å²) in [5.74, 6) is 0.430. The molecule has 0 aliphatic carbocycles. The summed E-state index contributed by atoms with van der Waals surface area (Å²) in [5.41, 5.74) is 0.0173. The molecule has 0 amide bonds. The topological polar surface area (TPSA) is 60.9 Å². The Morgan fingerprint density at radius 3 is 2.70 bits per heavy atom. The molecule has 6 heteroatoms. The van der Waals surface area contributed by atoms with Crippen LogP contribution in [-0.4, -0.2) is 68.3 Å². The summed E-state index contributed by atoms with van der Waals surface area (Å²) in [4.78, 5) is 2.41. The number of aliphatic hydroxyl groups excluding tert-OH is 1. The van der Waals surface area contributed by atoms with Crippen LogP contribution < -0.4 is 0 Å². The van der Waals surface area contributed by atoms with Gasteiger partial charge in [-0.25, -0.2) is 12.7 Å². The summed E-state index contributed by atoms with van der Waals surface area (Å²) in [5, 5.41) is 9.51. The number of hydrogen-bond acceptors (Lipinski definition) is 4. The Balaban J connectivity index is 1.90. The summed E-state index contributed by atoms with van der Waals surface area (Å²) in [6.45, 7) is 6.67. The highest BCUT2D eigenvalue weighted by atomic mass is 32.2. The van der Waals surface area contributed by atoms with E-state index in [1.807, 2.05) is 0 Å². The van der Waals surface area contributed by atoms with E-state index >= 15 is 0 Å². The molecule has 2 aliphatic heterocycles. The Bertz CT molecular complexity index is 426. The third kappa shape index (κ3) is 4.16. The number of sulfonamides is 1. The minimum Gasteiger partial charge on any atom is -0.396 e. The highest BCUT2D eigenvalue weighted by Crippen LogP contribution is 2.30. The SMILES string of the molecule is CC1(CO)CCCN(CC2CCCN(S(C)(=O)=O)C2)C1. The van der Waals surface area contributed by atoms with E-state index in [9.17, 15) is 13.5 Å². The van der Waals surface area contributed by atoms with Crippen LogP contribution in [-0.2, 0) is 10.0 Å². The van der Waals surface area contributed by atoms with Crippen molar-refractivity contribution in [3.63, 3.8) is 0 Å². The first kappa shape index (κ1) is 16.2. The van der Waals surface area contributed by atoms with Gasteiger partial charge in [0.05, 0.1) is 6.26 Å². The van der Waals surface area contributed by atoms with Gasteiger partial charge in [-0.15, -0.1) is 0 Å². The van der Waals surface area contributed by atoms with E-state index in [-0.39, 0.29) is 12.0 Å². The first-order valence-corrected chi connectivity index (χ1v) is 9.46. The van der Waals surface area contributed by atoms with Gasteiger partial charge in [0, 0.05) is 38.2 Å². The van der Waals surface area contributed by atoms with Gasteiger partial charge < -0.3 is 10.0 Å². The van der Waals surface area contributed by atoms with E-state index in [1.165, 1.54) is 6.26 Å². The van der Waals surface area contributed by atoms with Gasteiger partial charge >= 0.3 is 0 Å². The third-order valence-electron chi connectivity index (χ3n) is 4.71. The van der Waals surface area contributed by atoms with Crippen molar-refractivity contribution < 1.29 is 13.5 Å². The summed E-state index contributed by atoms with van der Waals surface area (Å²) in [6.07, 6.45) is 5.58. The van der Waals surface area contributed by atoms with Gasteiger partial charge in [-0.2, -0.15) is 0 Å². The van der Waals surface area contributed by atoms with Gasteiger partial charge in [0.15, 0.2) is 0 Å². The fourth-order valence-corrected chi connectivity index (χ4v) is 4.50. The predicted molar refractivity (Wildman–Crippen MR) is 80.0 cm³/mol. The van der Waals surface area contributed by atoms with E-state index in [0.717, 1.165) is 45.3 Å². The summed E-state index contributed by atoms with van der Waals surface area (Å²) in [7, 11) is -3.05. The Hall–Kier alpha value is -0.170. The van der Waals surface area contributed by atoms with Crippen molar-refractivity contribution in [1.82, 2.24) is 9.21 Å². The van der Waals surface area contributed by atoms with Crippen molar-refractivity contribution >= 4 is 10.0 Å². The van der Waals surface area contributed by atoms with Gasteiger partial charge in [0.1, 0.15) is 0 Å². The second kappa shape index (κ2) is 6.30. The van der Waals surface area contributed by atoms with Crippen molar-refractivity contribution in [2.24, 2.45) is 11.3 Å². The third-order valence-corrected chi connectivity index (χ3v) is 5.98. The largest absolute Gasteiger partial charge is 0.396 e. The Morgan fingerprint density at radius 2 is 2.05 bits per heavy atom. The molecule has 0 radical (unpaired) electrons. The maximum Gasteiger partial charge on any atom is 0.211 e. The lowest BCUT2D eigenvalue weighted by molar-refractivity contribution is 0.0346. The minimum atomic E-state index is -3.05. The zero-order valence-electron chi connectivity index (χ0n) is 12.7. The maximum absolute atomic E-state index is 11.7. The molecular formula is C14H28N2O3S. The maximum atomic E-state index is 11.7. The van der Waals surface area contributed by atoms with E-state index in [1.54, 1.807) is 4.31 Å². The molecule has 0 aromatic rings. The second-order valence-corrected chi connectivity index (χ2v) is 8.92. The Morgan fingerprint density at radius 1 is 1.30 bits per heavy atom. The molecule has 0 aromatic carbocycles. The molecule has 2 heterocycles. The molecule has 1 N–H and O–H groups in total. The van der Waals surface area contributed by atoms with Crippen LogP contribution in [0.5, 0.6) is 0 Å². The first-order chi connectivity index (χ1) is 9.32. The lowest BCUT2D eigenvalue weighted by Crippen LogP contribution is -2.48. The molecule has 0 bridgehead atoms. The van der Waals surface area contributed by atoms with Crippen LogP contribution >= 0.6 is 0 Å². The van der Waals surface area contributed by atoms with E-state index in [4.69, 9.17) is 0 Å². The quantitative estimate of drug-likeness (QED) is 0.833. The zero-order valence-corrected chi connectivity index (χ0v) is 13.5. The smallest absolute Gasteiger partial charge is 0.211 e. The molecule has 2 rings (SSSR count). The van der Waals surface area contributed by atoms with Crippen LogP contribution in [0.4, 0.5) is 0 Å². The summed E-state index contributed by atoms with van der Waals surface area (Å²) < 4.78 is 24.9. The number of hydrogen-bond donors (Lipinski definition) is 1. The molecule has 0 spiro atoms. The molecule has 2 saturated heterocycles. The first-order valence-electron chi connectivity index (χ1n) is 7.61. The minimum absolute atomic E-state index is 0.0173. The van der Waals surface area contributed by atoms with Crippen molar-refractivity contribution in [3.8, 4) is 0 Å². The molecule has 20 heavy (non-hydrogen) atoms. The Kier molecular flexibility index (Phi) is 5.10. The average molecular weight is 304 g/mol.